The van der Waals surface area contributed by atoms with Crippen molar-refractivity contribution in [2.45, 2.75) is 25.8 Å². The lowest BCUT2D eigenvalue weighted by molar-refractivity contribution is -0.132. The molecule has 0 radical (unpaired) electrons. The highest BCUT2D eigenvalue weighted by Crippen LogP contribution is 2.19. The molecule has 0 aromatic heterocycles. The standard InChI is InChI=1S/C19H26F2N4O2/c1-14(19(27)22-18-15(20)5-4-6-16(18)21)24-11-9-23(10-12-24)13-17(26)25-7-2-3-8-25/h4-6,14H,2-3,7-13H2,1H3,(H,22,27). The van der Waals surface area contributed by atoms with Gasteiger partial charge in [0.2, 0.25) is 11.8 Å². The highest BCUT2D eigenvalue weighted by atomic mass is 19.1. The number of hydrogen-bond acceptors (Lipinski definition) is 4. The molecule has 2 aliphatic rings. The minimum atomic E-state index is -0.791. The minimum absolute atomic E-state index is 0.168. The summed E-state index contributed by atoms with van der Waals surface area (Å²) in [6.07, 6.45) is 2.16. The lowest BCUT2D eigenvalue weighted by Crippen LogP contribution is -2.54. The van der Waals surface area contributed by atoms with Gasteiger partial charge in [-0.1, -0.05) is 6.07 Å². The first kappa shape index (κ1) is 19.7. The number of carbonyl (C=O) groups excluding carboxylic acids is 2. The van der Waals surface area contributed by atoms with Crippen LogP contribution in [0.3, 0.4) is 0 Å². The van der Waals surface area contributed by atoms with E-state index in [0.29, 0.717) is 32.7 Å². The number of nitrogens with one attached hydrogen (secondary N) is 1. The van der Waals surface area contributed by atoms with Crippen LogP contribution >= 0.6 is 0 Å². The maximum Gasteiger partial charge on any atom is 0.241 e. The zero-order chi connectivity index (χ0) is 19.4. The number of para-hydroxylation sites is 1. The molecule has 0 spiro atoms. The van der Waals surface area contributed by atoms with Crippen molar-refractivity contribution in [3.05, 3.63) is 29.8 Å². The number of piperazine rings is 1. The summed E-state index contributed by atoms with van der Waals surface area (Å²) in [5.74, 6) is -1.86. The maximum absolute atomic E-state index is 13.7. The van der Waals surface area contributed by atoms with Gasteiger partial charge in [0.15, 0.2) is 0 Å². The van der Waals surface area contributed by atoms with Gasteiger partial charge in [-0.05, 0) is 31.9 Å². The zero-order valence-corrected chi connectivity index (χ0v) is 15.6. The van der Waals surface area contributed by atoms with Crippen LogP contribution < -0.4 is 5.32 Å². The predicted octanol–water partition coefficient (Wildman–Crippen LogP) is 1.53. The fourth-order valence-electron chi connectivity index (χ4n) is 3.58. The number of halogens is 2. The normalized spacial score (nSPS) is 19.9. The molecule has 0 saturated carbocycles. The second kappa shape index (κ2) is 8.75. The molecule has 0 aliphatic carbocycles. The Bertz CT molecular complexity index is 666. The summed E-state index contributed by atoms with van der Waals surface area (Å²) in [6, 6.07) is 2.96. The summed E-state index contributed by atoms with van der Waals surface area (Å²) in [7, 11) is 0. The first-order valence-corrected chi connectivity index (χ1v) is 9.45. The van der Waals surface area contributed by atoms with Crippen LogP contribution in [-0.2, 0) is 9.59 Å². The van der Waals surface area contributed by atoms with Crippen molar-refractivity contribution in [1.29, 1.82) is 0 Å². The van der Waals surface area contributed by atoms with Crippen LogP contribution in [0.5, 0.6) is 0 Å². The summed E-state index contributed by atoms with van der Waals surface area (Å²) in [5, 5.41) is 2.35. The van der Waals surface area contributed by atoms with Gasteiger partial charge in [-0.25, -0.2) is 8.78 Å². The molecule has 0 bridgehead atoms. The van der Waals surface area contributed by atoms with Gasteiger partial charge in [0.1, 0.15) is 17.3 Å². The maximum atomic E-state index is 13.7. The van der Waals surface area contributed by atoms with E-state index in [4.69, 9.17) is 0 Å². The van der Waals surface area contributed by atoms with E-state index in [2.05, 4.69) is 10.2 Å². The van der Waals surface area contributed by atoms with E-state index in [1.807, 2.05) is 9.80 Å². The van der Waals surface area contributed by atoms with E-state index >= 15 is 0 Å². The molecule has 1 unspecified atom stereocenters. The average molecular weight is 380 g/mol. The van der Waals surface area contributed by atoms with Crippen molar-refractivity contribution >= 4 is 17.5 Å². The quantitative estimate of drug-likeness (QED) is 0.842. The lowest BCUT2D eigenvalue weighted by atomic mass is 10.2. The van der Waals surface area contributed by atoms with Crippen molar-refractivity contribution in [3.8, 4) is 0 Å². The number of amides is 2. The molecule has 2 aliphatic heterocycles. The molecule has 148 valence electrons. The van der Waals surface area contributed by atoms with E-state index in [9.17, 15) is 18.4 Å². The molecular weight excluding hydrogens is 354 g/mol. The van der Waals surface area contributed by atoms with Crippen molar-refractivity contribution < 1.29 is 18.4 Å². The molecule has 2 heterocycles. The van der Waals surface area contributed by atoms with E-state index in [-0.39, 0.29) is 5.91 Å². The molecule has 27 heavy (non-hydrogen) atoms. The van der Waals surface area contributed by atoms with Crippen LogP contribution in [0, 0.1) is 11.6 Å². The molecule has 1 aromatic carbocycles. The van der Waals surface area contributed by atoms with Crippen LogP contribution in [0.25, 0.3) is 0 Å². The van der Waals surface area contributed by atoms with Gasteiger partial charge in [-0.15, -0.1) is 0 Å². The Labute approximate surface area is 158 Å². The molecule has 6 nitrogen and oxygen atoms in total. The molecule has 1 N–H and O–H groups in total. The Hall–Kier alpha value is -2.06. The number of nitrogens with zero attached hydrogens (tertiary/aromatic N) is 3. The molecule has 2 fully saturated rings. The van der Waals surface area contributed by atoms with Gasteiger partial charge in [0.05, 0.1) is 12.6 Å². The van der Waals surface area contributed by atoms with Gasteiger partial charge in [-0.3, -0.25) is 19.4 Å². The summed E-state index contributed by atoms with van der Waals surface area (Å²) in [5.41, 5.74) is -0.413. The van der Waals surface area contributed by atoms with Gasteiger partial charge in [-0.2, -0.15) is 0 Å². The fourth-order valence-corrected chi connectivity index (χ4v) is 3.58. The number of likely N-dealkylation sites (tertiary alicyclic amines) is 1. The summed E-state index contributed by atoms with van der Waals surface area (Å²) in [6.45, 7) is 6.46. The van der Waals surface area contributed by atoms with Crippen LogP contribution in [0.1, 0.15) is 19.8 Å². The number of carbonyl (C=O) groups is 2. The molecule has 8 heteroatoms. The van der Waals surface area contributed by atoms with E-state index in [0.717, 1.165) is 38.1 Å². The third kappa shape index (κ3) is 4.81. The van der Waals surface area contributed by atoms with Crippen molar-refractivity contribution in [2.75, 3.05) is 51.1 Å². The molecule has 1 atom stereocenters. The second-order valence-electron chi connectivity index (χ2n) is 7.16. The number of rotatable bonds is 5. The van der Waals surface area contributed by atoms with Gasteiger partial charge in [0, 0.05) is 39.3 Å². The number of anilines is 1. The Kier molecular flexibility index (Phi) is 6.38. The second-order valence-corrected chi connectivity index (χ2v) is 7.16. The number of benzene rings is 1. The Morgan fingerprint density at radius 2 is 1.63 bits per heavy atom. The Morgan fingerprint density at radius 1 is 1.04 bits per heavy atom. The lowest BCUT2D eigenvalue weighted by Gasteiger charge is -2.37. The van der Waals surface area contributed by atoms with Crippen molar-refractivity contribution in [3.63, 3.8) is 0 Å². The first-order valence-electron chi connectivity index (χ1n) is 9.45. The Balaban J connectivity index is 1.48. The van der Waals surface area contributed by atoms with Crippen molar-refractivity contribution in [1.82, 2.24) is 14.7 Å². The molecule has 2 saturated heterocycles. The summed E-state index contributed by atoms with van der Waals surface area (Å²) >= 11 is 0. The third-order valence-electron chi connectivity index (χ3n) is 5.36. The Morgan fingerprint density at radius 3 is 2.22 bits per heavy atom. The predicted molar refractivity (Wildman–Crippen MR) is 98.3 cm³/mol. The van der Waals surface area contributed by atoms with Crippen LogP contribution in [-0.4, -0.2) is 78.4 Å². The molecule has 3 rings (SSSR count). The third-order valence-corrected chi connectivity index (χ3v) is 5.36. The summed E-state index contributed by atoms with van der Waals surface area (Å²) in [4.78, 5) is 30.6. The van der Waals surface area contributed by atoms with Crippen LogP contribution in [0.15, 0.2) is 18.2 Å². The van der Waals surface area contributed by atoms with Crippen LogP contribution in [0.4, 0.5) is 14.5 Å². The van der Waals surface area contributed by atoms with E-state index in [1.165, 1.54) is 6.07 Å². The number of hydrogen-bond donors (Lipinski definition) is 1. The topological polar surface area (TPSA) is 55.9 Å². The van der Waals surface area contributed by atoms with Gasteiger partial charge < -0.3 is 10.2 Å². The molecule has 2 amide bonds. The highest BCUT2D eigenvalue weighted by molar-refractivity contribution is 5.94. The fraction of sp³-hybridized carbons (Fsp3) is 0.579. The smallest absolute Gasteiger partial charge is 0.241 e. The minimum Gasteiger partial charge on any atom is -0.342 e. The highest BCUT2D eigenvalue weighted by Gasteiger charge is 2.28. The first-order chi connectivity index (χ1) is 13.0. The van der Waals surface area contributed by atoms with E-state index in [1.54, 1.807) is 6.92 Å². The molecule has 1 aromatic rings. The van der Waals surface area contributed by atoms with Gasteiger partial charge >= 0.3 is 0 Å². The largest absolute Gasteiger partial charge is 0.342 e. The summed E-state index contributed by atoms with van der Waals surface area (Å²) < 4.78 is 27.4. The SMILES string of the molecule is CC(C(=O)Nc1c(F)cccc1F)N1CCN(CC(=O)N2CCCC2)CC1. The molecular formula is C19H26F2N4O2. The van der Waals surface area contributed by atoms with Gasteiger partial charge in [0.25, 0.3) is 0 Å². The van der Waals surface area contributed by atoms with E-state index < -0.39 is 29.3 Å². The van der Waals surface area contributed by atoms with Crippen LogP contribution in [0.2, 0.25) is 0 Å². The average Bonchev–Trinajstić information content (AvgIpc) is 3.19. The zero-order valence-electron chi connectivity index (χ0n) is 15.6. The monoisotopic (exact) mass is 380 g/mol. The van der Waals surface area contributed by atoms with Crippen molar-refractivity contribution in [2.24, 2.45) is 0 Å².